The van der Waals surface area contributed by atoms with Crippen molar-refractivity contribution >= 4 is 28.9 Å². The van der Waals surface area contributed by atoms with Gasteiger partial charge in [0.2, 0.25) is 0 Å². The molecule has 0 saturated carbocycles. The van der Waals surface area contributed by atoms with Gasteiger partial charge in [-0.2, -0.15) is 5.10 Å². The van der Waals surface area contributed by atoms with Gasteiger partial charge in [-0.15, -0.1) is 0 Å². The number of benzene rings is 2. The smallest absolute Gasteiger partial charge is 0.251 e. The zero-order valence-electron chi connectivity index (χ0n) is 14.9. The van der Waals surface area contributed by atoms with E-state index >= 15 is 0 Å². The molecule has 0 spiro atoms. The van der Waals surface area contributed by atoms with Crippen molar-refractivity contribution < 1.29 is 19.4 Å². The molecule has 1 aliphatic heterocycles. The number of primary amides is 1. The van der Waals surface area contributed by atoms with Crippen LogP contribution < -0.4 is 20.2 Å². The molecule has 0 fully saturated rings. The van der Waals surface area contributed by atoms with Crippen LogP contribution >= 0.6 is 11.8 Å². The van der Waals surface area contributed by atoms with Gasteiger partial charge in [-0.3, -0.25) is 4.79 Å². The Morgan fingerprint density at radius 2 is 2.11 bits per heavy atom. The first-order valence-electron chi connectivity index (χ1n) is 8.40. The molecule has 0 radical (unpaired) electrons. The molecule has 2 aromatic carbocycles. The van der Waals surface area contributed by atoms with Gasteiger partial charge in [0.15, 0.2) is 11.5 Å². The lowest BCUT2D eigenvalue weighted by Gasteiger charge is -2.24. The number of hydrogen-bond acceptors (Lipinski definition) is 7. The molecule has 3 N–H and O–H groups in total. The summed E-state index contributed by atoms with van der Waals surface area (Å²) >= 11 is 1.49. The molecule has 142 valence electrons. The maximum absolute atomic E-state index is 11.9. The van der Waals surface area contributed by atoms with E-state index in [4.69, 9.17) is 15.2 Å². The van der Waals surface area contributed by atoms with Crippen molar-refractivity contribution in [1.29, 1.82) is 0 Å². The summed E-state index contributed by atoms with van der Waals surface area (Å²) in [6, 6.07) is 12.9. The molecule has 0 saturated heterocycles. The van der Waals surface area contributed by atoms with Crippen LogP contribution in [0.2, 0.25) is 0 Å². The fourth-order valence-electron chi connectivity index (χ4n) is 2.88. The SMILES string of the molecule is COc1c(OC(CCO)c2ccccc2)ccc(C(N)=O)c1N1CSC=N1. The molecule has 1 aliphatic rings. The molecule has 8 heteroatoms. The van der Waals surface area contributed by atoms with E-state index in [0.717, 1.165) is 5.56 Å². The average molecular weight is 387 g/mol. The van der Waals surface area contributed by atoms with Crippen LogP contribution in [0, 0.1) is 0 Å². The van der Waals surface area contributed by atoms with Crippen molar-refractivity contribution in [1.82, 2.24) is 0 Å². The van der Waals surface area contributed by atoms with Crippen LogP contribution in [0.25, 0.3) is 0 Å². The molecule has 27 heavy (non-hydrogen) atoms. The van der Waals surface area contributed by atoms with Gasteiger partial charge < -0.3 is 20.3 Å². The number of amides is 1. The van der Waals surface area contributed by atoms with E-state index in [9.17, 15) is 9.90 Å². The maximum atomic E-state index is 11.9. The highest BCUT2D eigenvalue weighted by atomic mass is 32.2. The number of anilines is 1. The number of nitrogens with two attached hydrogens (primary N) is 1. The first-order valence-corrected chi connectivity index (χ1v) is 9.45. The Morgan fingerprint density at radius 3 is 2.70 bits per heavy atom. The number of rotatable bonds is 8. The Balaban J connectivity index is 2.03. The normalized spacial score (nSPS) is 14.2. The molecule has 1 heterocycles. The fraction of sp³-hybridized carbons (Fsp3) is 0.263. The predicted molar refractivity (Wildman–Crippen MR) is 106 cm³/mol. The Morgan fingerprint density at radius 1 is 1.33 bits per heavy atom. The first kappa shape index (κ1) is 19.1. The van der Waals surface area contributed by atoms with E-state index in [1.165, 1.54) is 18.9 Å². The third-order valence-corrected chi connectivity index (χ3v) is 4.75. The second kappa shape index (κ2) is 8.79. The Hall–Kier alpha value is -2.71. The largest absolute Gasteiger partial charge is 0.491 e. The predicted octanol–water partition coefficient (Wildman–Crippen LogP) is 2.75. The third kappa shape index (κ3) is 4.17. The van der Waals surface area contributed by atoms with Gasteiger partial charge >= 0.3 is 0 Å². The molecule has 7 nitrogen and oxygen atoms in total. The monoisotopic (exact) mass is 387 g/mol. The van der Waals surface area contributed by atoms with E-state index in [2.05, 4.69) is 5.10 Å². The molecule has 0 bridgehead atoms. The number of carbonyl (C=O) groups excluding carboxylic acids is 1. The van der Waals surface area contributed by atoms with Crippen LogP contribution in [0.5, 0.6) is 11.5 Å². The van der Waals surface area contributed by atoms with E-state index in [1.54, 1.807) is 22.7 Å². The number of nitrogens with zero attached hydrogens (tertiary/aromatic N) is 2. The highest BCUT2D eigenvalue weighted by Crippen LogP contribution is 2.43. The molecule has 2 aromatic rings. The van der Waals surface area contributed by atoms with Gasteiger partial charge in [0.25, 0.3) is 5.91 Å². The van der Waals surface area contributed by atoms with Crippen LogP contribution in [0.15, 0.2) is 47.6 Å². The maximum Gasteiger partial charge on any atom is 0.251 e. The van der Waals surface area contributed by atoms with Crippen LogP contribution in [0.1, 0.15) is 28.4 Å². The number of ether oxygens (including phenoxy) is 2. The van der Waals surface area contributed by atoms with Gasteiger partial charge in [-0.25, -0.2) is 5.01 Å². The zero-order valence-corrected chi connectivity index (χ0v) is 15.7. The van der Waals surface area contributed by atoms with Crippen molar-refractivity contribution in [3.05, 3.63) is 53.6 Å². The average Bonchev–Trinajstić information content (AvgIpc) is 3.22. The fourth-order valence-corrected chi connectivity index (χ4v) is 3.46. The van der Waals surface area contributed by atoms with Crippen molar-refractivity contribution in [2.75, 3.05) is 24.6 Å². The number of hydrazone groups is 1. The second-order valence-corrected chi connectivity index (χ2v) is 6.61. The van der Waals surface area contributed by atoms with Crippen molar-refractivity contribution in [3.8, 4) is 11.5 Å². The topological polar surface area (TPSA) is 97.4 Å². The Labute approximate surface area is 161 Å². The quantitative estimate of drug-likeness (QED) is 0.723. The third-order valence-electron chi connectivity index (χ3n) is 4.11. The standard InChI is InChI=1S/C19H21N3O4S/c1-25-18-16(26-15(9-10-23)13-5-3-2-4-6-13)8-7-14(19(20)24)17(18)22-12-27-11-21-22/h2-8,11,15,23H,9-10,12H2,1H3,(H2,20,24). The van der Waals surface area contributed by atoms with Gasteiger partial charge in [0, 0.05) is 13.0 Å². The lowest BCUT2D eigenvalue weighted by Crippen LogP contribution is -2.21. The lowest BCUT2D eigenvalue weighted by atomic mass is 10.1. The van der Waals surface area contributed by atoms with Crippen LogP contribution in [0.3, 0.4) is 0 Å². The minimum absolute atomic E-state index is 0.0266. The van der Waals surface area contributed by atoms with Crippen LogP contribution in [-0.2, 0) is 0 Å². The molecular weight excluding hydrogens is 366 g/mol. The van der Waals surface area contributed by atoms with Gasteiger partial charge in [0.1, 0.15) is 11.8 Å². The van der Waals surface area contributed by atoms with Gasteiger partial charge in [0.05, 0.1) is 24.1 Å². The summed E-state index contributed by atoms with van der Waals surface area (Å²) in [4.78, 5) is 11.9. The van der Waals surface area contributed by atoms with E-state index in [0.29, 0.717) is 35.0 Å². The number of aliphatic hydroxyl groups is 1. The van der Waals surface area contributed by atoms with Crippen LogP contribution in [0.4, 0.5) is 5.69 Å². The molecule has 3 rings (SSSR count). The van der Waals surface area contributed by atoms with Crippen LogP contribution in [-0.4, -0.2) is 36.2 Å². The summed E-state index contributed by atoms with van der Waals surface area (Å²) in [7, 11) is 1.51. The number of thioether (sulfide) groups is 1. The van der Waals surface area contributed by atoms with E-state index < -0.39 is 5.91 Å². The Kier molecular flexibility index (Phi) is 6.20. The highest BCUT2D eigenvalue weighted by molar-refractivity contribution is 8.12. The summed E-state index contributed by atoms with van der Waals surface area (Å²) in [6.45, 7) is -0.0266. The van der Waals surface area contributed by atoms with E-state index in [1.807, 2.05) is 30.3 Å². The van der Waals surface area contributed by atoms with Crippen molar-refractivity contribution in [2.24, 2.45) is 10.8 Å². The molecule has 1 unspecified atom stereocenters. The molecule has 1 amide bonds. The summed E-state index contributed by atoms with van der Waals surface area (Å²) < 4.78 is 11.8. The molecular formula is C19H21N3O4S. The minimum Gasteiger partial charge on any atom is -0.491 e. The lowest BCUT2D eigenvalue weighted by molar-refractivity contribution is 0.100. The number of carbonyl (C=O) groups is 1. The van der Waals surface area contributed by atoms with Crippen molar-refractivity contribution in [2.45, 2.75) is 12.5 Å². The summed E-state index contributed by atoms with van der Waals surface area (Å²) in [6.07, 6.45) is 0.0477. The number of aliphatic hydroxyl groups excluding tert-OH is 1. The zero-order chi connectivity index (χ0) is 19.2. The summed E-state index contributed by atoms with van der Waals surface area (Å²) in [5.74, 6) is 0.799. The molecule has 0 aromatic heterocycles. The molecule has 1 atom stereocenters. The summed E-state index contributed by atoms with van der Waals surface area (Å²) in [5, 5.41) is 15.4. The Bertz CT molecular complexity index is 829. The van der Waals surface area contributed by atoms with Crippen molar-refractivity contribution in [3.63, 3.8) is 0 Å². The second-order valence-electron chi connectivity index (χ2n) is 5.80. The number of hydrogen-bond donors (Lipinski definition) is 2. The minimum atomic E-state index is -0.572. The summed E-state index contributed by atoms with van der Waals surface area (Å²) in [5.41, 5.74) is 8.94. The van der Waals surface area contributed by atoms with Gasteiger partial charge in [-0.1, -0.05) is 42.1 Å². The number of methoxy groups -OCH3 is 1. The van der Waals surface area contributed by atoms with E-state index in [-0.39, 0.29) is 12.7 Å². The van der Waals surface area contributed by atoms with Gasteiger partial charge in [-0.05, 0) is 17.7 Å². The first-order chi connectivity index (χ1) is 13.2. The highest BCUT2D eigenvalue weighted by Gasteiger charge is 2.26. The molecule has 0 aliphatic carbocycles.